The number of likely N-dealkylation sites (tertiary alicyclic amines) is 1. The number of anilines is 1. The van der Waals surface area contributed by atoms with E-state index in [-0.39, 0.29) is 18.6 Å². The molecule has 9 nitrogen and oxygen atoms in total. The number of ether oxygens (including phenoxy) is 2. The van der Waals surface area contributed by atoms with Crippen molar-refractivity contribution in [2.45, 2.75) is 19.0 Å². The molecule has 0 spiro atoms. The fourth-order valence-electron chi connectivity index (χ4n) is 4.42. The van der Waals surface area contributed by atoms with Crippen LogP contribution in [0.1, 0.15) is 12.0 Å². The Bertz CT molecular complexity index is 1370. The highest BCUT2D eigenvalue weighted by Crippen LogP contribution is 2.32. The first-order valence-corrected chi connectivity index (χ1v) is 12.5. The number of fused-ring (bicyclic) bond motifs is 1. The second-order valence-electron chi connectivity index (χ2n) is 8.96. The number of aromatic amines is 1. The zero-order chi connectivity index (χ0) is 25.8. The van der Waals surface area contributed by atoms with Crippen molar-refractivity contribution in [1.82, 2.24) is 25.2 Å². The molecule has 192 valence electrons. The summed E-state index contributed by atoms with van der Waals surface area (Å²) >= 11 is 6.57. The summed E-state index contributed by atoms with van der Waals surface area (Å²) in [6, 6.07) is 15.8. The molecular formula is C27H29ClN6O3. The number of amides is 1. The molecule has 4 aromatic rings. The number of hydrogen-bond donors (Lipinski definition) is 3. The summed E-state index contributed by atoms with van der Waals surface area (Å²) in [5, 5.41) is 6.69. The third-order valence-corrected chi connectivity index (χ3v) is 6.72. The maximum atomic E-state index is 11.4. The van der Waals surface area contributed by atoms with Crippen LogP contribution in [0.15, 0.2) is 54.7 Å². The Labute approximate surface area is 220 Å². The third-order valence-electron chi connectivity index (χ3n) is 6.43. The van der Waals surface area contributed by atoms with Crippen LogP contribution in [0.25, 0.3) is 22.6 Å². The van der Waals surface area contributed by atoms with Crippen molar-refractivity contribution < 1.29 is 14.3 Å². The first kappa shape index (κ1) is 24.9. The molecule has 1 saturated heterocycles. The van der Waals surface area contributed by atoms with Crippen molar-refractivity contribution in [1.29, 1.82) is 0 Å². The number of benzene rings is 2. The molecule has 0 radical (unpaired) electrons. The number of likely N-dealkylation sites (N-methyl/N-ethyl adjacent to an activating group) is 1. The van der Waals surface area contributed by atoms with Crippen LogP contribution in [0.2, 0.25) is 5.02 Å². The Morgan fingerprint density at radius 3 is 2.65 bits per heavy atom. The highest BCUT2D eigenvalue weighted by atomic mass is 35.5. The van der Waals surface area contributed by atoms with Gasteiger partial charge < -0.3 is 25.1 Å². The van der Waals surface area contributed by atoms with Crippen molar-refractivity contribution in [3.05, 3.63) is 65.3 Å². The molecule has 3 N–H and O–H groups in total. The van der Waals surface area contributed by atoms with Gasteiger partial charge in [-0.05, 0) is 48.4 Å². The zero-order valence-corrected chi connectivity index (χ0v) is 21.5. The number of nitrogens with one attached hydrogen (secondary N) is 3. The van der Waals surface area contributed by atoms with Crippen LogP contribution < -0.4 is 20.1 Å². The second-order valence-corrected chi connectivity index (χ2v) is 9.37. The average molecular weight is 521 g/mol. The van der Waals surface area contributed by atoms with Gasteiger partial charge in [0.2, 0.25) is 0 Å². The second kappa shape index (κ2) is 11.1. The summed E-state index contributed by atoms with van der Waals surface area (Å²) in [6.45, 7) is 2.75. The van der Waals surface area contributed by atoms with E-state index in [0.29, 0.717) is 27.8 Å². The van der Waals surface area contributed by atoms with Crippen LogP contribution in [0.4, 0.5) is 5.69 Å². The maximum Gasteiger partial charge on any atom is 0.257 e. The standard InChI is InChI=1S/C27H29ClN6O3/c1-29-23(35)16-37-21-9-5-18(6-10-21)26-32-25-24(22(28)13-30-27(25)33-26)31-19-11-12-34(15-19)14-17-3-7-20(36-2)8-4-17/h3-10,13,19H,11-12,14-16H2,1-2H3,(H,29,35)(H2,30,31,32,33). The maximum absolute atomic E-state index is 11.4. The summed E-state index contributed by atoms with van der Waals surface area (Å²) in [5.41, 5.74) is 4.29. The first-order valence-electron chi connectivity index (χ1n) is 12.1. The lowest BCUT2D eigenvalue weighted by Crippen LogP contribution is -2.26. The SMILES string of the molecule is CNC(=O)COc1ccc(-c2nc3c(NC4CCN(Cc5ccc(OC)cc5)C4)c(Cl)cnc3[nH]2)cc1. The van der Waals surface area contributed by atoms with Crippen molar-refractivity contribution in [2.75, 3.05) is 39.2 Å². The minimum absolute atomic E-state index is 0.0311. The monoisotopic (exact) mass is 520 g/mol. The molecule has 1 amide bonds. The smallest absolute Gasteiger partial charge is 0.257 e. The summed E-state index contributed by atoms with van der Waals surface area (Å²) in [4.78, 5) is 26.4. The van der Waals surface area contributed by atoms with Gasteiger partial charge in [-0.3, -0.25) is 9.69 Å². The van der Waals surface area contributed by atoms with Gasteiger partial charge in [0, 0.05) is 38.3 Å². The first-order chi connectivity index (χ1) is 18.0. The number of hydrogen-bond acceptors (Lipinski definition) is 7. The van der Waals surface area contributed by atoms with Gasteiger partial charge in [0.15, 0.2) is 12.3 Å². The lowest BCUT2D eigenvalue weighted by Gasteiger charge is -2.18. The fraction of sp³-hybridized carbons (Fsp3) is 0.296. The van der Waals surface area contributed by atoms with E-state index in [4.69, 9.17) is 26.1 Å². The summed E-state index contributed by atoms with van der Waals surface area (Å²) < 4.78 is 10.7. The van der Waals surface area contributed by atoms with Crippen LogP contribution in [0.3, 0.4) is 0 Å². The number of carbonyl (C=O) groups excluding carboxylic acids is 1. The number of aromatic nitrogens is 3. The topological polar surface area (TPSA) is 104 Å². The number of carbonyl (C=O) groups is 1. The number of nitrogens with zero attached hydrogens (tertiary/aromatic N) is 3. The van der Waals surface area contributed by atoms with Gasteiger partial charge in [-0.15, -0.1) is 0 Å². The van der Waals surface area contributed by atoms with E-state index in [1.807, 2.05) is 24.3 Å². The molecule has 0 saturated carbocycles. The summed E-state index contributed by atoms with van der Waals surface area (Å²) in [7, 11) is 3.25. The number of pyridine rings is 1. The Morgan fingerprint density at radius 1 is 1.16 bits per heavy atom. The van der Waals surface area contributed by atoms with E-state index in [0.717, 1.165) is 43.1 Å². The molecule has 1 fully saturated rings. The van der Waals surface area contributed by atoms with Gasteiger partial charge in [0.1, 0.15) is 22.8 Å². The fourth-order valence-corrected chi connectivity index (χ4v) is 4.61. The lowest BCUT2D eigenvalue weighted by atomic mass is 10.2. The number of halogens is 1. The van der Waals surface area contributed by atoms with E-state index < -0.39 is 0 Å². The largest absolute Gasteiger partial charge is 0.497 e. The lowest BCUT2D eigenvalue weighted by molar-refractivity contribution is -0.122. The van der Waals surface area contributed by atoms with Crippen molar-refractivity contribution in [3.63, 3.8) is 0 Å². The zero-order valence-electron chi connectivity index (χ0n) is 20.8. The minimum atomic E-state index is -0.185. The van der Waals surface area contributed by atoms with Crippen molar-refractivity contribution in [2.24, 2.45) is 0 Å². The molecule has 37 heavy (non-hydrogen) atoms. The van der Waals surface area contributed by atoms with Gasteiger partial charge in [-0.2, -0.15) is 0 Å². The predicted octanol–water partition coefficient (Wildman–Crippen LogP) is 4.10. The van der Waals surface area contributed by atoms with Gasteiger partial charge in [-0.25, -0.2) is 9.97 Å². The van der Waals surface area contributed by atoms with Crippen LogP contribution in [-0.2, 0) is 11.3 Å². The van der Waals surface area contributed by atoms with Gasteiger partial charge in [-0.1, -0.05) is 23.7 Å². The molecule has 0 aliphatic carbocycles. The summed E-state index contributed by atoms with van der Waals surface area (Å²) in [6.07, 6.45) is 2.65. The molecule has 1 aliphatic rings. The molecule has 0 bridgehead atoms. The number of imidazole rings is 1. The number of rotatable bonds is 9. The number of methoxy groups -OCH3 is 1. The molecule has 2 aromatic carbocycles. The molecule has 1 atom stereocenters. The minimum Gasteiger partial charge on any atom is -0.497 e. The van der Waals surface area contributed by atoms with Crippen LogP contribution in [0.5, 0.6) is 11.5 Å². The van der Waals surface area contributed by atoms with Gasteiger partial charge in [0.05, 0.1) is 24.0 Å². The van der Waals surface area contributed by atoms with E-state index in [1.54, 1.807) is 32.5 Å². The normalized spacial score (nSPS) is 15.6. The van der Waals surface area contributed by atoms with E-state index in [2.05, 4.69) is 37.6 Å². The Morgan fingerprint density at radius 2 is 1.92 bits per heavy atom. The molecule has 3 heterocycles. The number of H-pyrrole nitrogens is 1. The Kier molecular flexibility index (Phi) is 7.43. The van der Waals surface area contributed by atoms with E-state index in [1.165, 1.54) is 5.56 Å². The van der Waals surface area contributed by atoms with Crippen LogP contribution in [0, 0.1) is 0 Å². The van der Waals surface area contributed by atoms with Gasteiger partial charge >= 0.3 is 0 Å². The highest BCUT2D eigenvalue weighted by Gasteiger charge is 2.24. The van der Waals surface area contributed by atoms with Crippen LogP contribution >= 0.6 is 11.6 Å². The Balaban J connectivity index is 1.27. The molecule has 1 aliphatic heterocycles. The van der Waals surface area contributed by atoms with Gasteiger partial charge in [0.25, 0.3) is 5.91 Å². The average Bonchev–Trinajstić information content (AvgIpc) is 3.56. The van der Waals surface area contributed by atoms with Crippen molar-refractivity contribution >= 4 is 34.4 Å². The summed E-state index contributed by atoms with van der Waals surface area (Å²) in [5.74, 6) is 1.96. The van der Waals surface area contributed by atoms with E-state index in [9.17, 15) is 4.79 Å². The quantitative estimate of drug-likeness (QED) is 0.305. The predicted molar refractivity (Wildman–Crippen MR) is 144 cm³/mol. The molecular weight excluding hydrogens is 492 g/mol. The molecule has 1 unspecified atom stereocenters. The molecule has 2 aromatic heterocycles. The molecule has 5 rings (SSSR count). The molecule has 10 heteroatoms. The van der Waals surface area contributed by atoms with Crippen molar-refractivity contribution in [3.8, 4) is 22.9 Å². The third kappa shape index (κ3) is 5.79. The Hall–Kier alpha value is -3.82. The van der Waals surface area contributed by atoms with Crippen LogP contribution in [-0.4, -0.2) is 65.7 Å². The highest BCUT2D eigenvalue weighted by molar-refractivity contribution is 6.34. The van der Waals surface area contributed by atoms with E-state index >= 15 is 0 Å².